The Morgan fingerprint density at radius 2 is 2.19 bits per heavy atom. The standard InChI is InChI=1S/C19H24ClFN2O3/c1-19(2,3)26-18(24)23-7-5-6-13(11-23)17(25-12-22-4)14-8-15(20)10-16(21)9-14/h8-10,13,17H,5-7,11-12H2,1-3H3/t13-,17-/m1/s1. The van der Waals surface area contributed by atoms with E-state index in [1.165, 1.54) is 12.1 Å². The van der Waals surface area contributed by atoms with Gasteiger partial charge in [-0.2, -0.15) is 0 Å². The van der Waals surface area contributed by atoms with E-state index < -0.39 is 17.5 Å². The normalized spacial score (nSPS) is 18.9. The predicted molar refractivity (Wildman–Crippen MR) is 97.2 cm³/mol. The third kappa shape index (κ3) is 5.86. The number of rotatable bonds is 4. The number of halogens is 2. The molecule has 142 valence electrons. The molecule has 2 rings (SSSR count). The molecule has 0 aliphatic carbocycles. The van der Waals surface area contributed by atoms with Crippen molar-refractivity contribution in [1.29, 1.82) is 0 Å². The molecule has 0 radical (unpaired) electrons. The minimum Gasteiger partial charge on any atom is -0.444 e. The van der Waals surface area contributed by atoms with E-state index in [0.717, 1.165) is 12.8 Å². The minimum absolute atomic E-state index is 0.0733. The van der Waals surface area contributed by atoms with Crippen LogP contribution in [0.4, 0.5) is 9.18 Å². The molecule has 0 bridgehead atoms. The fourth-order valence-electron chi connectivity index (χ4n) is 3.11. The van der Waals surface area contributed by atoms with Crippen LogP contribution in [-0.2, 0) is 9.47 Å². The molecular weight excluding hydrogens is 359 g/mol. The van der Waals surface area contributed by atoms with Crippen molar-refractivity contribution >= 4 is 17.7 Å². The summed E-state index contributed by atoms with van der Waals surface area (Å²) in [6, 6.07) is 4.24. The van der Waals surface area contributed by atoms with Gasteiger partial charge in [-0.1, -0.05) is 11.6 Å². The van der Waals surface area contributed by atoms with Gasteiger partial charge in [-0.25, -0.2) is 15.8 Å². The molecule has 0 spiro atoms. The van der Waals surface area contributed by atoms with E-state index in [1.54, 1.807) is 11.0 Å². The second kappa shape index (κ2) is 8.70. The van der Waals surface area contributed by atoms with E-state index >= 15 is 0 Å². The minimum atomic E-state index is -0.569. The van der Waals surface area contributed by atoms with Crippen molar-refractivity contribution in [1.82, 2.24) is 4.90 Å². The highest BCUT2D eigenvalue weighted by Gasteiger charge is 2.33. The molecule has 1 aromatic rings. The zero-order valence-corrected chi connectivity index (χ0v) is 16.1. The van der Waals surface area contributed by atoms with Crippen LogP contribution < -0.4 is 0 Å². The fourth-order valence-corrected chi connectivity index (χ4v) is 3.34. The van der Waals surface area contributed by atoms with Crippen LogP contribution in [0.2, 0.25) is 5.02 Å². The Bertz CT molecular complexity index is 664. The van der Waals surface area contributed by atoms with Gasteiger partial charge in [-0.3, -0.25) is 4.85 Å². The zero-order valence-electron chi connectivity index (χ0n) is 15.3. The molecule has 1 aliphatic heterocycles. The smallest absolute Gasteiger partial charge is 0.410 e. The van der Waals surface area contributed by atoms with Crippen molar-refractivity contribution in [3.8, 4) is 0 Å². The highest BCUT2D eigenvalue weighted by Crippen LogP contribution is 2.35. The molecule has 0 unspecified atom stereocenters. The number of piperidine rings is 1. The number of benzene rings is 1. The van der Waals surface area contributed by atoms with Crippen molar-refractivity contribution in [2.75, 3.05) is 19.8 Å². The number of amides is 1. The third-order valence-corrected chi connectivity index (χ3v) is 4.29. The Balaban J connectivity index is 2.19. The lowest BCUT2D eigenvalue weighted by molar-refractivity contribution is -0.0180. The van der Waals surface area contributed by atoms with Gasteiger partial charge in [-0.05, 0) is 57.4 Å². The second-order valence-corrected chi connectivity index (χ2v) is 7.84. The maximum absolute atomic E-state index is 13.8. The first kappa shape index (κ1) is 20.5. The van der Waals surface area contributed by atoms with Crippen LogP contribution in [0.15, 0.2) is 18.2 Å². The van der Waals surface area contributed by atoms with Crippen LogP contribution in [0, 0.1) is 18.3 Å². The third-order valence-electron chi connectivity index (χ3n) is 4.07. The Morgan fingerprint density at radius 1 is 1.46 bits per heavy atom. The van der Waals surface area contributed by atoms with E-state index in [-0.39, 0.29) is 23.8 Å². The van der Waals surface area contributed by atoms with Crippen LogP contribution in [0.5, 0.6) is 0 Å². The molecule has 0 aromatic heterocycles. The van der Waals surface area contributed by atoms with Gasteiger partial charge in [0.2, 0.25) is 0 Å². The molecular formula is C19H24ClFN2O3. The number of hydrogen-bond acceptors (Lipinski definition) is 3. The number of likely N-dealkylation sites (tertiary alicyclic amines) is 1. The Kier molecular flexibility index (Phi) is 6.85. The summed E-state index contributed by atoms with van der Waals surface area (Å²) in [4.78, 5) is 17.3. The lowest BCUT2D eigenvalue weighted by Gasteiger charge is -2.37. The number of carbonyl (C=O) groups excluding carboxylic acids is 1. The molecule has 0 N–H and O–H groups in total. The number of ether oxygens (including phenoxy) is 2. The van der Waals surface area contributed by atoms with Gasteiger partial charge in [0.1, 0.15) is 11.4 Å². The molecule has 2 atom stereocenters. The van der Waals surface area contributed by atoms with E-state index in [0.29, 0.717) is 18.7 Å². The summed E-state index contributed by atoms with van der Waals surface area (Å²) in [7, 11) is 0. The molecule has 5 nitrogen and oxygen atoms in total. The predicted octanol–water partition coefficient (Wildman–Crippen LogP) is 5.06. The summed E-state index contributed by atoms with van der Waals surface area (Å²) in [5.41, 5.74) is 0.00908. The molecule has 1 amide bonds. The van der Waals surface area contributed by atoms with Crippen LogP contribution in [-0.4, -0.2) is 36.4 Å². The first-order valence-corrected chi connectivity index (χ1v) is 8.96. The quantitative estimate of drug-likeness (QED) is 0.683. The van der Waals surface area contributed by atoms with Crippen LogP contribution in [0.1, 0.15) is 45.3 Å². The molecule has 1 fully saturated rings. The number of nitrogens with zero attached hydrogens (tertiary/aromatic N) is 2. The van der Waals surface area contributed by atoms with Gasteiger partial charge in [0.25, 0.3) is 0 Å². The maximum Gasteiger partial charge on any atom is 0.410 e. The van der Waals surface area contributed by atoms with Gasteiger partial charge >= 0.3 is 12.8 Å². The summed E-state index contributed by atoms with van der Waals surface area (Å²) in [6.07, 6.45) is 0.701. The van der Waals surface area contributed by atoms with Gasteiger partial charge in [0, 0.05) is 24.0 Å². The highest BCUT2D eigenvalue weighted by atomic mass is 35.5. The van der Waals surface area contributed by atoms with Gasteiger partial charge in [-0.15, -0.1) is 0 Å². The topological polar surface area (TPSA) is 43.1 Å². The molecule has 1 heterocycles. The Hall–Kier alpha value is -1.84. The second-order valence-electron chi connectivity index (χ2n) is 7.41. The average molecular weight is 383 g/mol. The molecule has 1 aromatic carbocycles. The van der Waals surface area contributed by atoms with Crippen molar-refractivity contribution in [2.45, 2.75) is 45.3 Å². The first-order valence-electron chi connectivity index (χ1n) is 8.58. The van der Waals surface area contributed by atoms with Crippen molar-refractivity contribution < 1.29 is 18.7 Å². The lowest BCUT2D eigenvalue weighted by atomic mass is 9.88. The molecule has 1 saturated heterocycles. The van der Waals surface area contributed by atoms with Gasteiger partial charge in [0.15, 0.2) is 0 Å². The molecule has 1 aliphatic rings. The van der Waals surface area contributed by atoms with Crippen molar-refractivity contribution in [3.05, 3.63) is 46.0 Å². The lowest BCUT2D eigenvalue weighted by Crippen LogP contribution is -2.44. The first-order chi connectivity index (χ1) is 12.2. The SMILES string of the molecule is [C-]#[N+]CO[C@@H](c1cc(F)cc(Cl)c1)[C@@H]1CCCN(C(=O)OC(C)(C)C)C1. The summed E-state index contributed by atoms with van der Waals surface area (Å²) in [5.74, 6) is -0.528. The molecule has 7 heteroatoms. The fraction of sp³-hybridized carbons (Fsp3) is 0.579. The molecule has 26 heavy (non-hydrogen) atoms. The maximum atomic E-state index is 13.8. The monoisotopic (exact) mass is 382 g/mol. The Labute approximate surface area is 158 Å². The van der Waals surface area contributed by atoms with Gasteiger partial charge in [0.05, 0.1) is 6.10 Å². The summed E-state index contributed by atoms with van der Waals surface area (Å²) in [6.45, 7) is 13.3. The van der Waals surface area contributed by atoms with Crippen LogP contribution in [0.25, 0.3) is 4.85 Å². The zero-order chi connectivity index (χ0) is 19.3. The van der Waals surface area contributed by atoms with Gasteiger partial charge < -0.3 is 14.4 Å². The van der Waals surface area contributed by atoms with E-state index in [2.05, 4.69) is 4.85 Å². The summed E-state index contributed by atoms with van der Waals surface area (Å²) < 4.78 is 24.9. The van der Waals surface area contributed by atoms with Crippen molar-refractivity contribution in [2.24, 2.45) is 5.92 Å². The number of hydrogen-bond donors (Lipinski definition) is 0. The van der Waals surface area contributed by atoms with E-state index in [9.17, 15) is 9.18 Å². The van der Waals surface area contributed by atoms with Crippen LogP contribution in [0.3, 0.4) is 0 Å². The van der Waals surface area contributed by atoms with E-state index in [4.69, 9.17) is 27.6 Å². The summed E-state index contributed by atoms with van der Waals surface area (Å²) in [5, 5.41) is 0.274. The Morgan fingerprint density at radius 3 is 2.81 bits per heavy atom. The molecule has 0 saturated carbocycles. The highest BCUT2D eigenvalue weighted by molar-refractivity contribution is 6.30. The average Bonchev–Trinajstić information content (AvgIpc) is 2.53. The number of carbonyl (C=O) groups is 1. The van der Waals surface area contributed by atoms with E-state index in [1.807, 2.05) is 20.8 Å². The summed E-state index contributed by atoms with van der Waals surface area (Å²) >= 11 is 5.98. The van der Waals surface area contributed by atoms with Crippen LogP contribution >= 0.6 is 11.6 Å². The largest absolute Gasteiger partial charge is 0.444 e. The van der Waals surface area contributed by atoms with Crippen molar-refractivity contribution in [3.63, 3.8) is 0 Å².